The van der Waals surface area contributed by atoms with Gasteiger partial charge in [0.05, 0.1) is 12.7 Å². The van der Waals surface area contributed by atoms with Crippen LogP contribution in [0.1, 0.15) is 39.0 Å². The van der Waals surface area contributed by atoms with Crippen LogP contribution >= 0.6 is 0 Å². The summed E-state index contributed by atoms with van der Waals surface area (Å²) in [4.78, 5) is 22.3. The van der Waals surface area contributed by atoms with E-state index in [1.54, 1.807) is 13.0 Å². The lowest BCUT2D eigenvalue weighted by atomic mass is 10.1. The molecule has 1 rings (SSSR count). The molecule has 1 N–H and O–H groups in total. The molecule has 0 aromatic heterocycles. The molecule has 0 amide bonds. The standard InChI is InChI=1S/C12H18O4/c1-2-16-12(15)6-4-3-5-9-7-10(13)8-11(9)14/h7,10,13H,2-6,8H2,1H3. The van der Waals surface area contributed by atoms with Crippen LogP contribution < -0.4 is 0 Å². The number of ketones is 1. The van der Waals surface area contributed by atoms with Crippen molar-refractivity contribution in [3.8, 4) is 0 Å². The number of esters is 1. The van der Waals surface area contributed by atoms with Crippen molar-refractivity contribution >= 4 is 11.8 Å². The Bertz CT molecular complexity index is 293. The lowest BCUT2D eigenvalue weighted by molar-refractivity contribution is -0.143. The summed E-state index contributed by atoms with van der Waals surface area (Å²) in [5, 5.41) is 9.21. The second kappa shape index (κ2) is 6.43. The van der Waals surface area contributed by atoms with E-state index in [4.69, 9.17) is 4.74 Å². The van der Waals surface area contributed by atoms with E-state index in [1.165, 1.54) is 0 Å². The molecule has 0 saturated carbocycles. The minimum atomic E-state index is -0.604. The zero-order valence-corrected chi connectivity index (χ0v) is 9.57. The smallest absolute Gasteiger partial charge is 0.305 e. The number of unbranched alkanes of at least 4 members (excludes halogenated alkanes) is 1. The zero-order chi connectivity index (χ0) is 12.0. The largest absolute Gasteiger partial charge is 0.466 e. The van der Waals surface area contributed by atoms with Crippen molar-refractivity contribution in [2.45, 2.75) is 45.1 Å². The molecule has 0 saturated heterocycles. The van der Waals surface area contributed by atoms with Gasteiger partial charge in [-0.05, 0) is 37.8 Å². The molecule has 4 heteroatoms. The third-order valence-corrected chi connectivity index (χ3v) is 2.53. The maximum absolute atomic E-state index is 11.3. The van der Waals surface area contributed by atoms with Gasteiger partial charge in [-0.2, -0.15) is 0 Å². The number of hydrogen-bond donors (Lipinski definition) is 1. The van der Waals surface area contributed by atoms with Gasteiger partial charge in [-0.15, -0.1) is 0 Å². The molecule has 1 atom stereocenters. The Hall–Kier alpha value is -1.16. The first-order valence-corrected chi connectivity index (χ1v) is 5.71. The number of carbonyl (C=O) groups excluding carboxylic acids is 2. The first kappa shape index (κ1) is 12.9. The van der Waals surface area contributed by atoms with Crippen LogP contribution in [0, 0.1) is 0 Å². The van der Waals surface area contributed by atoms with Crippen LogP contribution in [-0.2, 0) is 14.3 Å². The van der Waals surface area contributed by atoms with Gasteiger partial charge < -0.3 is 9.84 Å². The van der Waals surface area contributed by atoms with Crippen LogP contribution in [0.15, 0.2) is 11.6 Å². The maximum Gasteiger partial charge on any atom is 0.305 e. The summed E-state index contributed by atoms with van der Waals surface area (Å²) >= 11 is 0. The molecule has 16 heavy (non-hydrogen) atoms. The molecule has 0 radical (unpaired) electrons. The average molecular weight is 226 g/mol. The van der Waals surface area contributed by atoms with E-state index < -0.39 is 6.10 Å². The number of carbonyl (C=O) groups is 2. The van der Waals surface area contributed by atoms with Gasteiger partial charge in [0.15, 0.2) is 5.78 Å². The molecule has 90 valence electrons. The quantitative estimate of drug-likeness (QED) is 0.549. The SMILES string of the molecule is CCOC(=O)CCCCC1=CC(O)CC1=O. The second-order valence-electron chi connectivity index (χ2n) is 3.90. The summed E-state index contributed by atoms with van der Waals surface area (Å²) < 4.78 is 4.79. The van der Waals surface area contributed by atoms with Gasteiger partial charge in [0.1, 0.15) is 0 Å². The molecule has 0 heterocycles. The first-order valence-electron chi connectivity index (χ1n) is 5.71. The molecule has 4 nitrogen and oxygen atoms in total. The van der Waals surface area contributed by atoms with E-state index in [0.717, 1.165) is 12.8 Å². The predicted octanol–water partition coefficient (Wildman–Crippen LogP) is 1.37. The van der Waals surface area contributed by atoms with Gasteiger partial charge in [-0.25, -0.2) is 0 Å². The van der Waals surface area contributed by atoms with E-state index in [1.807, 2.05) is 0 Å². The third-order valence-electron chi connectivity index (χ3n) is 2.53. The van der Waals surface area contributed by atoms with Crippen LogP contribution in [0.2, 0.25) is 0 Å². The third kappa shape index (κ3) is 4.14. The monoisotopic (exact) mass is 226 g/mol. The van der Waals surface area contributed by atoms with Crippen molar-refractivity contribution in [1.29, 1.82) is 0 Å². The Balaban J connectivity index is 2.14. The summed E-state index contributed by atoms with van der Waals surface area (Å²) in [5.41, 5.74) is 0.705. The van der Waals surface area contributed by atoms with Crippen molar-refractivity contribution in [2.75, 3.05) is 6.61 Å². The summed E-state index contributed by atoms with van der Waals surface area (Å²) in [7, 11) is 0. The molecule has 0 fully saturated rings. The highest BCUT2D eigenvalue weighted by Crippen LogP contribution is 2.20. The Labute approximate surface area is 95.3 Å². The van der Waals surface area contributed by atoms with Crippen molar-refractivity contribution in [3.05, 3.63) is 11.6 Å². The van der Waals surface area contributed by atoms with E-state index >= 15 is 0 Å². The lowest BCUT2D eigenvalue weighted by Gasteiger charge is -2.02. The van der Waals surface area contributed by atoms with Gasteiger partial charge in [0.25, 0.3) is 0 Å². The van der Waals surface area contributed by atoms with Gasteiger partial charge in [-0.3, -0.25) is 9.59 Å². The van der Waals surface area contributed by atoms with Crippen molar-refractivity contribution < 1.29 is 19.4 Å². The molecule has 0 aromatic carbocycles. The van der Waals surface area contributed by atoms with Gasteiger partial charge in [-0.1, -0.05) is 0 Å². The zero-order valence-electron chi connectivity index (χ0n) is 9.57. The van der Waals surface area contributed by atoms with E-state index in [-0.39, 0.29) is 18.2 Å². The lowest BCUT2D eigenvalue weighted by Crippen LogP contribution is -2.04. The molecular formula is C12H18O4. The molecule has 0 spiro atoms. The van der Waals surface area contributed by atoms with Crippen molar-refractivity contribution in [3.63, 3.8) is 0 Å². The Morgan fingerprint density at radius 3 is 2.88 bits per heavy atom. The topological polar surface area (TPSA) is 63.6 Å². The summed E-state index contributed by atoms with van der Waals surface area (Å²) in [6.07, 6.45) is 3.78. The van der Waals surface area contributed by atoms with Crippen molar-refractivity contribution in [1.82, 2.24) is 0 Å². The van der Waals surface area contributed by atoms with Gasteiger partial charge >= 0.3 is 5.97 Å². The number of allylic oxidation sites excluding steroid dienone is 1. The minimum absolute atomic E-state index is 0.0311. The van der Waals surface area contributed by atoms with E-state index in [0.29, 0.717) is 25.0 Å². The molecule has 0 aromatic rings. The Kier molecular flexibility index (Phi) is 5.19. The van der Waals surface area contributed by atoms with Crippen molar-refractivity contribution in [2.24, 2.45) is 0 Å². The fourth-order valence-electron chi connectivity index (χ4n) is 1.75. The van der Waals surface area contributed by atoms with Gasteiger partial charge in [0.2, 0.25) is 0 Å². The van der Waals surface area contributed by atoms with Crippen LogP contribution in [0.25, 0.3) is 0 Å². The van der Waals surface area contributed by atoms with E-state index in [9.17, 15) is 14.7 Å². The normalized spacial score (nSPS) is 19.8. The second-order valence-corrected chi connectivity index (χ2v) is 3.90. The highest BCUT2D eigenvalue weighted by atomic mass is 16.5. The average Bonchev–Trinajstić information content (AvgIpc) is 2.53. The Morgan fingerprint density at radius 2 is 2.31 bits per heavy atom. The maximum atomic E-state index is 11.3. The molecule has 0 aliphatic heterocycles. The Morgan fingerprint density at radius 1 is 1.56 bits per heavy atom. The number of aliphatic hydroxyl groups is 1. The van der Waals surface area contributed by atoms with Gasteiger partial charge in [0, 0.05) is 12.8 Å². The minimum Gasteiger partial charge on any atom is -0.466 e. The molecule has 0 bridgehead atoms. The summed E-state index contributed by atoms with van der Waals surface area (Å²) in [6.45, 7) is 2.19. The highest BCUT2D eigenvalue weighted by molar-refractivity contribution is 5.98. The fourth-order valence-corrected chi connectivity index (χ4v) is 1.75. The van der Waals surface area contributed by atoms with Crippen LogP contribution in [0.4, 0.5) is 0 Å². The van der Waals surface area contributed by atoms with E-state index in [2.05, 4.69) is 0 Å². The first-order chi connectivity index (χ1) is 7.63. The molecular weight excluding hydrogens is 208 g/mol. The highest BCUT2D eigenvalue weighted by Gasteiger charge is 2.21. The predicted molar refractivity (Wildman–Crippen MR) is 58.8 cm³/mol. The number of hydrogen-bond acceptors (Lipinski definition) is 4. The number of rotatable bonds is 6. The molecule has 1 aliphatic rings. The molecule has 1 unspecified atom stereocenters. The molecule has 1 aliphatic carbocycles. The van der Waals surface area contributed by atoms with Crippen LogP contribution in [0.3, 0.4) is 0 Å². The van der Waals surface area contributed by atoms with Crippen LogP contribution in [-0.4, -0.2) is 29.6 Å². The fraction of sp³-hybridized carbons (Fsp3) is 0.667. The number of Topliss-reactive ketones (excluding diaryl/α,β-unsaturated/α-hetero) is 1. The number of aliphatic hydroxyl groups excluding tert-OH is 1. The number of ether oxygens (including phenoxy) is 1. The summed E-state index contributed by atoms with van der Waals surface area (Å²) in [6, 6.07) is 0. The van der Waals surface area contributed by atoms with Crippen LogP contribution in [0.5, 0.6) is 0 Å². The summed E-state index contributed by atoms with van der Waals surface area (Å²) in [5.74, 6) is -0.155.